The predicted octanol–water partition coefficient (Wildman–Crippen LogP) is 2.95. The molecule has 14 heavy (non-hydrogen) atoms. The summed E-state index contributed by atoms with van der Waals surface area (Å²) >= 11 is 6.11. The first-order valence-electron chi connectivity index (χ1n) is 4.35. The molecule has 2 aromatic heterocycles. The van der Waals surface area contributed by atoms with Gasteiger partial charge in [-0.15, -0.1) is 0 Å². The van der Waals surface area contributed by atoms with Crippen LogP contribution in [0.5, 0.6) is 0 Å². The van der Waals surface area contributed by atoms with Crippen molar-refractivity contribution < 1.29 is 4.42 Å². The zero-order chi connectivity index (χ0) is 10.3. The van der Waals surface area contributed by atoms with Gasteiger partial charge in [0, 0.05) is 7.05 Å². The van der Waals surface area contributed by atoms with Crippen molar-refractivity contribution in [3.8, 4) is 11.5 Å². The van der Waals surface area contributed by atoms with Crippen LogP contribution in [0, 0.1) is 13.8 Å². The van der Waals surface area contributed by atoms with E-state index in [1.165, 1.54) is 0 Å². The number of nitrogens with zero attached hydrogens (tertiary/aromatic N) is 2. The lowest BCUT2D eigenvalue weighted by Gasteiger charge is -1.90. The molecule has 0 aliphatic heterocycles. The molecule has 2 heterocycles. The van der Waals surface area contributed by atoms with Gasteiger partial charge in [-0.05, 0) is 26.0 Å². The van der Waals surface area contributed by atoms with Gasteiger partial charge in [-0.3, -0.25) is 4.68 Å². The fraction of sp³-hybridized carbons (Fsp3) is 0.300. The molecule has 0 N–H and O–H groups in total. The van der Waals surface area contributed by atoms with Crippen molar-refractivity contribution in [1.29, 1.82) is 0 Å². The average Bonchev–Trinajstić information content (AvgIpc) is 2.66. The summed E-state index contributed by atoms with van der Waals surface area (Å²) in [7, 11) is 1.86. The van der Waals surface area contributed by atoms with Gasteiger partial charge in [-0.2, -0.15) is 5.10 Å². The second-order valence-corrected chi connectivity index (χ2v) is 3.66. The molecule has 0 saturated heterocycles. The first-order chi connectivity index (χ1) is 6.59. The molecule has 2 aromatic rings. The van der Waals surface area contributed by atoms with Gasteiger partial charge < -0.3 is 4.42 Å². The highest BCUT2D eigenvalue weighted by atomic mass is 35.5. The Balaban J connectivity index is 2.57. The Morgan fingerprint density at radius 1 is 1.36 bits per heavy atom. The molecule has 4 heteroatoms. The van der Waals surface area contributed by atoms with Crippen molar-refractivity contribution in [2.45, 2.75) is 13.8 Å². The van der Waals surface area contributed by atoms with Crippen LogP contribution in [0.25, 0.3) is 11.5 Å². The molecule has 3 nitrogen and oxygen atoms in total. The number of aromatic nitrogens is 2. The summed E-state index contributed by atoms with van der Waals surface area (Å²) < 4.78 is 7.20. The molecular weight excluding hydrogens is 200 g/mol. The van der Waals surface area contributed by atoms with Crippen LogP contribution in [0.15, 0.2) is 16.5 Å². The Bertz CT molecular complexity index is 470. The van der Waals surface area contributed by atoms with Gasteiger partial charge >= 0.3 is 0 Å². The molecule has 0 atom stereocenters. The molecule has 0 radical (unpaired) electrons. The topological polar surface area (TPSA) is 31.0 Å². The standard InChI is InChI=1S/C10H11ClN2O/c1-6-4-5-8(14-6)10-9(11)7(2)13(3)12-10/h4-5H,1-3H3. The number of hydrogen-bond donors (Lipinski definition) is 0. The van der Waals surface area contributed by atoms with Gasteiger partial charge in [0.2, 0.25) is 0 Å². The Morgan fingerprint density at radius 3 is 2.50 bits per heavy atom. The normalized spacial score (nSPS) is 10.9. The maximum absolute atomic E-state index is 6.11. The lowest BCUT2D eigenvalue weighted by Crippen LogP contribution is -1.92. The summed E-state index contributed by atoms with van der Waals surface area (Å²) in [5.74, 6) is 1.58. The van der Waals surface area contributed by atoms with Crippen LogP contribution in [-0.2, 0) is 7.05 Å². The van der Waals surface area contributed by atoms with Crippen LogP contribution in [0.3, 0.4) is 0 Å². The molecule has 0 aromatic carbocycles. The Labute approximate surface area is 87.3 Å². The van der Waals surface area contributed by atoms with Gasteiger partial charge in [-0.1, -0.05) is 11.6 Å². The Kier molecular flexibility index (Phi) is 2.11. The van der Waals surface area contributed by atoms with Crippen LogP contribution < -0.4 is 0 Å². The molecule has 74 valence electrons. The molecule has 0 saturated carbocycles. The van der Waals surface area contributed by atoms with Gasteiger partial charge in [0.1, 0.15) is 11.5 Å². The molecular formula is C10H11ClN2O. The van der Waals surface area contributed by atoms with E-state index >= 15 is 0 Å². The number of rotatable bonds is 1. The van der Waals surface area contributed by atoms with E-state index in [0.29, 0.717) is 10.7 Å². The molecule has 0 bridgehead atoms. The lowest BCUT2D eigenvalue weighted by molar-refractivity contribution is 0.545. The first-order valence-corrected chi connectivity index (χ1v) is 4.73. The largest absolute Gasteiger partial charge is 0.460 e. The highest BCUT2D eigenvalue weighted by Crippen LogP contribution is 2.30. The van der Waals surface area contributed by atoms with Crippen LogP contribution in [0.4, 0.5) is 0 Å². The van der Waals surface area contributed by atoms with E-state index < -0.39 is 0 Å². The van der Waals surface area contributed by atoms with Crippen molar-refractivity contribution in [2.24, 2.45) is 7.05 Å². The van der Waals surface area contributed by atoms with E-state index in [-0.39, 0.29) is 0 Å². The minimum absolute atomic E-state index is 0.654. The summed E-state index contributed by atoms with van der Waals surface area (Å²) in [4.78, 5) is 0. The second kappa shape index (κ2) is 3.17. The molecule has 0 aliphatic rings. The van der Waals surface area contributed by atoms with E-state index in [9.17, 15) is 0 Å². The Morgan fingerprint density at radius 2 is 2.07 bits per heavy atom. The van der Waals surface area contributed by atoms with Gasteiger partial charge in [0.05, 0.1) is 10.7 Å². The van der Waals surface area contributed by atoms with E-state index in [1.807, 2.05) is 33.0 Å². The van der Waals surface area contributed by atoms with Crippen molar-refractivity contribution in [1.82, 2.24) is 9.78 Å². The van der Waals surface area contributed by atoms with E-state index in [2.05, 4.69) is 5.10 Å². The van der Waals surface area contributed by atoms with Crippen molar-refractivity contribution >= 4 is 11.6 Å². The summed E-state index contributed by atoms with van der Waals surface area (Å²) in [6.07, 6.45) is 0. The minimum atomic E-state index is 0.654. The van der Waals surface area contributed by atoms with Crippen LogP contribution >= 0.6 is 11.6 Å². The van der Waals surface area contributed by atoms with Gasteiger partial charge in [-0.25, -0.2) is 0 Å². The molecule has 0 fully saturated rings. The van der Waals surface area contributed by atoms with Crippen molar-refractivity contribution in [3.63, 3.8) is 0 Å². The Hall–Kier alpha value is -1.22. The van der Waals surface area contributed by atoms with E-state index in [0.717, 1.165) is 17.2 Å². The molecule has 0 aliphatic carbocycles. The van der Waals surface area contributed by atoms with Crippen molar-refractivity contribution in [3.05, 3.63) is 28.6 Å². The highest BCUT2D eigenvalue weighted by Gasteiger charge is 2.14. The molecule has 2 rings (SSSR count). The summed E-state index contributed by atoms with van der Waals surface area (Å²) in [5.41, 5.74) is 1.65. The molecule has 0 spiro atoms. The quantitative estimate of drug-likeness (QED) is 0.725. The monoisotopic (exact) mass is 210 g/mol. The van der Waals surface area contributed by atoms with Crippen LogP contribution in [0.2, 0.25) is 5.02 Å². The van der Waals surface area contributed by atoms with E-state index in [1.54, 1.807) is 4.68 Å². The van der Waals surface area contributed by atoms with Crippen molar-refractivity contribution in [2.75, 3.05) is 0 Å². The van der Waals surface area contributed by atoms with Gasteiger partial charge in [0.25, 0.3) is 0 Å². The minimum Gasteiger partial charge on any atom is -0.460 e. The molecule has 0 amide bonds. The summed E-state index contributed by atoms with van der Waals surface area (Å²) in [6, 6.07) is 3.78. The number of halogens is 1. The fourth-order valence-electron chi connectivity index (χ4n) is 1.30. The number of furan rings is 1. The summed E-state index contributed by atoms with van der Waals surface area (Å²) in [6.45, 7) is 3.82. The SMILES string of the molecule is Cc1ccc(-c2nn(C)c(C)c2Cl)o1. The third-order valence-corrected chi connectivity index (χ3v) is 2.69. The highest BCUT2D eigenvalue weighted by molar-refractivity contribution is 6.33. The predicted molar refractivity (Wildman–Crippen MR) is 55.4 cm³/mol. The maximum Gasteiger partial charge on any atom is 0.156 e. The third kappa shape index (κ3) is 1.34. The fourth-order valence-corrected chi connectivity index (χ4v) is 1.55. The maximum atomic E-state index is 6.11. The van der Waals surface area contributed by atoms with Crippen LogP contribution in [0.1, 0.15) is 11.5 Å². The molecule has 0 unspecified atom stereocenters. The lowest BCUT2D eigenvalue weighted by atomic mass is 10.3. The first kappa shape index (κ1) is 9.34. The van der Waals surface area contributed by atoms with E-state index in [4.69, 9.17) is 16.0 Å². The zero-order valence-electron chi connectivity index (χ0n) is 8.34. The van der Waals surface area contributed by atoms with Crippen LogP contribution in [-0.4, -0.2) is 9.78 Å². The number of hydrogen-bond acceptors (Lipinski definition) is 2. The third-order valence-electron chi connectivity index (χ3n) is 2.23. The zero-order valence-corrected chi connectivity index (χ0v) is 9.09. The second-order valence-electron chi connectivity index (χ2n) is 3.28. The number of aryl methyl sites for hydroxylation is 2. The smallest absolute Gasteiger partial charge is 0.156 e. The summed E-state index contributed by atoms with van der Waals surface area (Å²) in [5, 5.41) is 4.94. The average molecular weight is 211 g/mol. The van der Waals surface area contributed by atoms with Gasteiger partial charge in [0.15, 0.2) is 5.76 Å².